The zero-order valence-electron chi connectivity index (χ0n) is 34.9. The maximum absolute atomic E-state index is 8.29. The standard InChI is InChI=1S/C19H24N6O2S.C18H21BrN6OS.2O2S/c1-6-13-10-14(19(26-4)24-27-7-8-28-5)11-20-16(13)18-21-15-9-12(2)22-23-17(15)25(18)3;1-5-12-9-13(16(19)24-26-6-7-27-4)10-20-15(12)18-21-14-8-11(2)22-23-17(14)25(18)3;2*1-3-2/h9-11H,6-8H2,1-5H3;8-10H,5-7H2,1-4H3;;/b24-19-;24-16-;;. The highest BCUT2D eigenvalue weighted by Crippen LogP contribution is 2.27. The van der Waals surface area contributed by atoms with E-state index in [4.69, 9.17) is 41.2 Å². The van der Waals surface area contributed by atoms with Crippen LogP contribution in [0.15, 0.2) is 47.0 Å². The number of methoxy groups -OCH3 is 1. The van der Waals surface area contributed by atoms with Gasteiger partial charge in [-0.05, 0) is 95.7 Å². The van der Waals surface area contributed by atoms with Crippen LogP contribution in [-0.4, -0.2) is 121 Å². The van der Waals surface area contributed by atoms with Crippen LogP contribution in [-0.2, 0) is 64.5 Å². The van der Waals surface area contributed by atoms with Crippen LogP contribution in [0.3, 0.4) is 0 Å². The number of aromatic nitrogens is 10. The number of halogens is 1. The van der Waals surface area contributed by atoms with E-state index in [1.54, 1.807) is 43.0 Å². The van der Waals surface area contributed by atoms with Crippen molar-refractivity contribution >= 4 is 95.4 Å². The highest BCUT2D eigenvalue weighted by molar-refractivity contribution is 9.18. The van der Waals surface area contributed by atoms with Gasteiger partial charge in [0.15, 0.2) is 27.6 Å². The minimum absolute atomic E-state index is 0.404. The molecule has 0 N–H and O–H groups in total. The second-order valence-electron chi connectivity index (χ2n) is 12.3. The van der Waals surface area contributed by atoms with Crippen molar-refractivity contribution in [3.8, 4) is 23.0 Å². The molecule has 6 aromatic heterocycles. The Bertz CT molecular complexity index is 2510. The number of nitrogens with zero attached hydrogens (tertiary/aromatic N) is 12. The fourth-order valence-electron chi connectivity index (χ4n) is 5.48. The minimum Gasteiger partial charge on any atom is -0.478 e. The number of thioether (sulfide) groups is 2. The van der Waals surface area contributed by atoms with Crippen LogP contribution in [0.5, 0.6) is 0 Å². The van der Waals surface area contributed by atoms with Gasteiger partial charge in [-0.15, -0.1) is 10.2 Å². The summed E-state index contributed by atoms with van der Waals surface area (Å²) in [7, 11) is 5.43. The van der Waals surface area contributed by atoms with Gasteiger partial charge in [-0.3, -0.25) is 9.97 Å². The zero-order valence-corrected chi connectivity index (χ0v) is 39.8. The molecule has 0 unspecified atom stereocenters. The summed E-state index contributed by atoms with van der Waals surface area (Å²) in [6.45, 7) is 9.08. The van der Waals surface area contributed by atoms with E-state index in [9.17, 15) is 0 Å². The summed E-state index contributed by atoms with van der Waals surface area (Å²) in [6.07, 6.45) is 9.16. The predicted octanol–water partition coefficient (Wildman–Crippen LogP) is 5.38. The summed E-state index contributed by atoms with van der Waals surface area (Å²) in [5.41, 5.74) is 10.2. The third-order valence-corrected chi connectivity index (χ3v) is 10.1. The molecule has 0 aliphatic carbocycles. The fourth-order valence-corrected chi connectivity index (χ4v) is 6.28. The van der Waals surface area contributed by atoms with E-state index >= 15 is 0 Å². The molecule has 0 amide bonds. The molecule has 0 fully saturated rings. The second-order valence-corrected chi connectivity index (χ2v) is 15.3. The topological polar surface area (TPSA) is 234 Å². The molecule has 0 atom stereocenters. The highest BCUT2D eigenvalue weighted by Gasteiger charge is 2.19. The SMILES string of the molecule is CCc1cc(/C(=N/OCCSC)OC)cnc1-c1nc2cc(C)nnc2n1C.CCc1cc(/C(Br)=N/OCCSC)cnc1-c1nc2cc(C)nnc2n1C.O=S=O.O=S=O. The van der Waals surface area contributed by atoms with Crippen LogP contribution in [0.2, 0.25) is 0 Å². The number of hydrogen-bond donors (Lipinski definition) is 0. The smallest absolute Gasteiger partial charge is 0.335 e. The summed E-state index contributed by atoms with van der Waals surface area (Å²) in [5.74, 6) is 3.70. The lowest BCUT2D eigenvalue weighted by Crippen LogP contribution is -2.08. The van der Waals surface area contributed by atoms with Gasteiger partial charge < -0.3 is 23.5 Å². The summed E-state index contributed by atoms with van der Waals surface area (Å²) in [5, 5.41) is 25.0. The molecule has 0 aliphatic heterocycles. The van der Waals surface area contributed by atoms with Gasteiger partial charge in [0, 0.05) is 43.6 Å². The Hall–Kier alpha value is -5.04. The number of aryl methyl sites for hydroxylation is 6. The van der Waals surface area contributed by atoms with Gasteiger partial charge >= 0.3 is 23.1 Å². The van der Waals surface area contributed by atoms with E-state index in [0.29, 0.717) is 23.7 Å². The Morgan fingerprint density at radius 3 is 1.54 bits per heavy atom. The fraction of sp³-hybridized carbons (Fsp3) is 0.405. The zero-order chi connectivity index (χ0) is 44.9. The van der Waals surface area contributed by atoms with Gasteiger partial charge in [-0.1, -0.05) is 19.0 Å². The van der Waals surface area contributed by atoms with E-state index in [0.717, 1.165) is 103 Å². The molecule has 0 radical (unpaired) electrons. The predicted molar refractivity (Wildman–Crippen MR) is 243 cm³/mol. The van der Waals surface area contributed by atoms with Crippen molar-refractivity contribution in [2.75, 3.05) is 44.3 Å². The minimum atomic E-state index is -0.750. The van der Waals surface area contributed by atoms with Crippen molar-refractivity contribution in [3.05, 3.63) is 70.3 Å². The molecule has 0 aliphatic rings. The first-order chi connectivity index (χ1) is 29.5. The maximum Gasteiger partial charge on any atom is 0.335 e. The van der Waals surface area contributed by atoms with Gasteiger partial charge in [0.2, 0.25) is 0 Å². The second kappa shape index (κ2) is 26.3. The van der Waals surface area contributed by atoms with Crippen molar-refractivity contribution in [3.63, 3.8) is 0 Å². The normalized spacial score (nSPS) is 11.1. The van der Waals surface area contributed by atoms with Gasteiger partial charge in [0.05, 0.1) is 24.1 Å². The van der Waals surface area contributed by atoms with Crippen molar-refractivity contribution in [1.29, 1.82) is 0 Å². The third kappa shape index (κ3) is 14.0. The van der Waals surface area contributed by atoms with Crippen LogP contribution in [0.25, 0.3) is 45.4 Å². The van der Waals surface area contributed by atoms with Crippen LogP contribution < -0.4 is 0 Å². The molecule has 61 heavy (non-hydrogen) atoms. The summed E-state index contributed by atoms with van der Waals surface area (Å²) < 4.78 is 43.0. The number of imidazole rings is 2. The maximum atomic E-state index is 8.29. The molecule has 19 nitrogen and oxygen atoms in total. The molecule has 6 rings (SSSR count). The van der Waals surface area contributed by atoms with E-state index in [2.05, 4.69) is 76.5 Å². The van der Waals surface area contributed by atoms with E-state index in [1.165, 1.54) is 0 Å². The van der Waals surface area contributed by atoms with Crippen LogP contribution in [0.4, 0.5) is 0 Å². The molecule has 0 saturated carbocycles. The summed E-state index contributed by atoms with van der Waals surface area (Å²) in [6, 6.07) is 7.93. The number of rotatable bonds is 14. The molecular weight excluding hydrogens is 933 g/mol. The molecule has 6 heterocycles. The van der Waals surface area contributed by atoms with E-state index in [-0.39, 0.29) is 0 Å². The Kier molecular flexibility index (Phi) is 21.7. The van der Waals surface area contributed by atoms with Crippen molar-refractivity contribution in [2.45, 2.75) is 40.5 Å². The molecule has 0 bridgehead atoms. The van der Waals surface area contributed by atoms with Crippen molar-refractivity contribution < 1.29 is 31.2 Å². The monoisotopic (exact) mass is 976 g/mol. The highest BCUT2D eigenvalue weighted by atomic mass is 79.9. The average molecular weight is 978 g/mol. The van der Waals surface area contributed by atoms with E-state index in [1.807, 2.05) is 67.8 Å². The number of oxime groups is 2. The van der Waals surface area contributed by atoms with E-state index < -0.39 is 23.1 Å². The quantitative estimate of drug-likeness (QED) is 0.0577. The van der Waals surface area contributed by atoms with Crippen molar-refractivity contribution in [2.24, 2.45) is 24.4 Å². The van der Waals surface area contributed by atoms with Gasteiger partial charge in [-0.25, -0.2) is 9.97 Å². The third-order valence-electron chi connectivity index (χ3n) is 8.32. The summed E-state index contributed by atoms with van der Waals surface area (Å²) in [4.78, 5) is 29.4. The largest absolute Gasteiger partial charge is 0.478 e. The molecular formula is C37H45BrN12O7S4. The first-order valence-electron chi connectivity index (χ1n) is 18.2. The number of fused-ring (bicyclic) bond motifs is 2. The van der Waals surface area contributed by atoms with Crippen LogP contribution >= 0.6 is 39.5 Å². The Morgan fingerprint density at radius 1 is 0.689 bits per heavy atom. The molecule has 0 saturated heterocycles. The average Bonchev–Trinajstić information content (AvgIpc) is 3.76. The van der Waals surface area contributed by atoms with Gasteiger partial charge in [-0.2, -0.15) is 50.6 Å². The first kappa shape index (κ1) is 50.3. The molecule has 24 heteroatoms. The number of hydrogen-bond acceptors (Lipinski definition) is 19. The van der Waals surface area contributed by atoms with Crippen LogP contribution in [0.1, 0.15) is 47.5 Å². The number of ether oxygens (including phenoxy) is 1. The molecule has 326 valence electrons. The Morgan fingerprint density at radius 2 is 1.11 bits per heavy atom. The van der Waals surface area contributed by atoms with Crippen molar-refractivity contribution in [1.82, 2.24) is 49.5 Å². The number of pyridine rings is 2. The lowest BCUT2D eigenvalue weighted by atomic mass is 10.1. The van der Waals surface area contributed by atoms with Gasteiger partial charge in [0.1, 0.15) is 35.6 Å². The molecule has 0 aromatic carbocycles. The van der Waals surface area contributed by atoms with Crippen LogP contribution in [0, 0.1) is 13.8 Å². The summed E-state index contributed by atoms with van der Waals surface area (Å²) >= 11 is 5.39. The lowest BCUT2D eigenvalue weighted by molar-refractivity contribution is 0.152. The molecule has 0 spiro atoms. The first-order valence-corrected chi connectivity index (χ1v) is 23.1. The Balaban J connectivity index is 0.000000288. The Labute approximate surface area is 376 Å². The molecule has 6 aromatic rings. The van der Waals surface area contributed by atoms with Gasteiger partial charge in [0.25, 0.3) is 5.90 Å². The lowest BCUT2D eigenvalue weighted by Gasteiger charge is -2.10.